The molecule has 0 unspecified atom stereocenters. The number of nitrogens with zero attached hydrogens (tertiary/aromatic N) is 1. The van der Waals surface area contributed by atoms with Crippen LogP contribution < -0.4 is 4.90 Å². The Kier molecular flexibility index (Phi) is 3.89. The Labute approximate surface area is 150 Å². The lowest BCUT2D eigenvalue weighted by Gasteiger charge is -2.21. The third-order valence-corrected chi connectivity index (χ3v) is 4.56. The van der Waals surface area contributed by atoms with Crippen LogP contribution in [-0.2, 0) is 4.79 Å². The molecule has 0 aliphatic rings. The number of hydrogen-bond donors (Lipinski definition) is 2. The molecule has 5 heteroatoms. The fraction of sp³-hybridized carbons (Fsp3) is 0.0476. The normalized spacial score (nSPS) is 10.8. The summed E-state index contributed by atoms with van der Waals surface area (Å²) in [5.41, 5.74) is 4.73. The minimum Gasteiger partial charge on any atom is -0.361 e. The predicted molar refractivity (Wildman–Crippen MR) is 103 cm³/mol. The van der Waals surface area contributed by atoms with Crippen molar-refractivity contribution in [2.75, 3.05) is 11.9 Å². The number of para-hydroxylation sites is 2. The summed E-state index contributed by atoms with van der Waals surface area (Å²) in [6, 6.07) is 17.7. The molecule has 0 atom stereocenters. The number of carbonyl (C=O) groups excluding carboxylic acids is 2. The Morgan fingerprint density at radius 3 is 2.38 bits per heavy atom. The van der Waals surface area contributed by atoms with Crippen molar-refractivity contribution in [2.45, 2.75) is 0 Å². The molecular weight excluding hydrogens is 326 g/mol. The molecule has 0 aliphatic carbocycles. The van der Waals surface area contributed by atoms with Crippen molar-refractivity contribution in [1.29, 1.82) is 0 Å². The van der Waals surface area contributed by atoms with E-state index in [4.69, 9.17) is 0 Å². The van der Waals surface area contributed by atoms with E-state index >= 15 is 0 Å². The van der Waals surface area contributed by atoms with Gasteiger partial charge in [-0.2, -0.15) is 0 Å². The second kappa shape index (κ2) is 6.37. The first kappa shape index (κ1) is 15.9. The van der Waals surface area contributed by atoms with Crippen LogP contribution in [0, 0.1) is 0 Å². The quantitative estimate of drug-likeness (QED) is 0.322. The molecule has 26 heavy (non-hydrogen) atoms. The van der Waals surface area contributed by atoms with E-state index < -0.39 is 5.78 Å². The van der Waals surface area contributed by atoms with E-state index in [9.17, 15) is 9.59 Å². The van der Waals surface area contributed by atoms with Crippen LogP contribution in [0.2, 0.25) is 0 Å². The van der Waals surface area contributed by atoms with Crippen LogP contribution in [0.25, 0.3) is 22.0 Å². The van der Waals surface area contributed by atoms with Crippen molar-refractivity contribution in [3.63, 3.8) is 0 Å². The molecule has 0 saturated heterocycles. The van der Waals surface area contributed by atoms with Gasteiger partial charge < -0.3 is 14.9 Å². The van der Waals surface area contributed by atoms with Gasteiger partial charge in [0.2, 0.25) is 5.78 Å². The molecule has 0 radical (unpaired) electrons. The van der Waals surface area contributed by atoms with Crippen LogP contribution in [0.5, 0.6) is 0 Å². The highest BCUT2D eigenvalue weighted by atomic mass is 16.2. The van der Waals surface area contributed by atoms with Crippen molar-refractivity contribution in [3.05, 3.63) is 72.7 Å². The van der Waals surface area contributed by atoms with Gasteiger partial charge in [0, 0.05) is 47.2 Å². The Morgan fingerprint density at radius 2 is 1.62 bits per heavy atom. The maximum absolute atomic E-state index is 12.2. The standard InChI is InChI=1S/C21H17N3O2/c1-24(14-7-3-2-4-8-14)21-17(12-23-20(21)19(26)13-25)16-11-22-18-10-6-5-9-15(16)18/h2-13,22-23H,1H3. The SMILES string of the molecule is CN(c1ccccc1)c1c(-c2c[nH]c3ccccc23)c[nH]c1C(=O)C=O. The number of rotatable bonds is 5. The van der Waals surface area contributed by atoms with Crippen molar-refractivity contribution in [2.24, 2.45) is 0 Å². The average molecular weight is 343 g/mol. The molecule has 0 bridgehead atoms. The van der Waals surface area contributed by atoms with Gasteiger partial charge in [-0.25, -0.2) is 0 Å². The number of fused-ring (bicyclic) bond motifs is 1. The van der Waals surface area contributed by atoms with Crippen molar-refractivity contribution in [1.82, 2.24) is 9.97 Å². The molecule has 5 nitrogen and oxygen atoms in total. The first-order chi connectivity index (χ1) is 12.7. The molecule has 2 heterocycles. The summed E-state index contributed by atoms with van der Waals surface area (Å²) in [6.07, 6.45) is 4.04. The summed E-state index contributed by atoms with van der Waals surface area (Å²) in [4.78, 5) is 31.5. The maximum atomic E-state index is 12.2. The van der Waals surface area contributed by atoms with E-state index in [1.165, 1.54) is 0 Å². The summed E-state index contributed by atoms with van der Waals surface area (Å²) >= 11 is 0. The number of carbonyl (C=O) groups is 2. The van der Waals surface area contributed by atoms with E-state index in [1.54, 1.807) is 6.20 Å². The molecule has 0 fully saturated rings. The van der Waals surface area contributed by atoms with Crippen LogP contribution in [0.1, 0.15) is 10.5 Å². The van der Waals surface area contributed by atoms with Gasteiger partial charge in [-0.1, -0.05) is 36.4 Å². The maximum Gasteiger partial charge on any atom is 0.243 e. The second-order valence-corrected chi connectivity index (χ2v) is 6.05. The van der Waals surface area contributed by atoms with Crippen LogP contribution >= 0.6 is 0 Å². The molecular formula is C21H17N3O2. The molecule has 0 amide bonds. The number of aromatic amines is 2. The van der Waals surface area contributed by atoms with Gasteiger partial charge in [0.05, 0.1) is 5.69 Å². The number of hydrogen-bond acceptors (Lipinski definition) is 3. The van der Waals surface area contributed by atoms with Gasteiger partial charge in [-0.15, -0.1) is 0 Å². The largest absolute Gasteiger partial charge is 0.361 e. The number of aldehydes is 1. The zero-order chi connectivity index (χ0) is 18.1. The predicted octanol–water partition coefficient (Wildman–Crippen LogP) is 4.31. The summed E-state index contributed by atoms with van der Waals surface area (Å²) in [5, 5.41) is 1.05. The molecule has 2 aromatic heterocycles. The topological polar surface area (TPSA) is 69.0 Å². The summed E-state index contributed by atoms with van der Waals surface area (Å²) in [5.74, 6) is -0.575. The molecule has 4 rings (SSSR count). The lowest BCUT2D eigenvalue weighted by atomic mass is 10.0. The summed E-state index contributed by atoms with van der Waals surface area (Å²) < 4.78 is 0. The van der Waals surface area contributed by atoms with Crippen LogP contribution in [0.15, 0.2) is 67.0 Å². The van der Waals surface area contributed by atoms with Crippen LogP contribution in [0.4, 0.5) is 11.4 Å². The van der Waals surface area contributed by atoms with Crippen molar-refractivity contribution >= 4 is 34.3 Å². The first-order valence-electron chi connectivity index (χ1n) is 8.27. The van der Waals surface area contributed by atoms with Gasteiger partial charge in [0.15, 0.2) is 6.29 Å². The number of Topliss-reactive ketones (excluding diaryl/α,β-unsaturated/α-hetero) is 1. The number of H-pyrrole nitrogens is 2. The molecule has 2 N–H and O–H groups in total. The third kappa shape index (κ3) is 2.50. The highest BCUT2D eigenvalue weighted by Gasteiger charge is 2.23. The third-order valence-electron chi connectivity index (χ3n) is 4.56. The second-order valence-electron chi connectivity index (χ2n) is 6.05. The number of nitrogens with one attached hydrogen (secondary N) is 2. The molecule has 0 spiro atoms. The summed E-state index contributed by atoms with van der Waals surface area (Å²) in [7, 11) is 1.89. The van der Waals surface area contributed by atoms with E-state index in [1.807, 2.05) is 72.7 Å². The number of benzene rings is 2. The van der Waals surface area contributed by atoms with Gasteiger partial charge in [0.1, 0.15) is 5.69 Å². The number of ketones is 1. The fourth-order valence-corrected chi connectivity index (χ4v) is 3.29. The van der Waals surface area contributed by atoms with E-state index in [2.05, 4.69) is 9.97 Å². The minimum atomic E-state index is -0.575. The lowest BCUT2D eigenvalue weighted by Crippen LogP contribution is -2.14. The minimum absolute atomic E-state index is 0.284. The number of aromatic nitrogens is 2. The van der Waals surface area contributed by atoms with E-state index in [-0.39, 0.29) is 5.69 Å². The smallest absolute Gasteiger partial charge is 0.243 e. The zero-order valence-electron chi connectivity index (χ0n) is 14.2. The Balaban J connectivity index is 1.95. The van der Waals surface area contributed by atoms with Gasteiger partial charge >= 0.3 is 0 Å². The molecule has 4 aromatic rings. The van der Waals surface area contributed by atoms with Crippen LogP contribution in [0.3, 0.4) is 0 Å². The Morgan fingerprint density at radius 1 is 0.923 bits per heavy atom. The van der Waals surface area contributed by atoms with Crippen molar-refractivity contribution in [3.8, 4) is 11.1 Å². The van der Waals surface area contributed by atoms with Crippen LogP contribution in [-0.4, -0.2) is 29.1 Å². The van der Waals surface area contributed by atoms with Gasteiger partial charge in [-0.3, -0.25) is 9.59 Å². The average Bonchev–Trinajstić information content (AvgIpc) is 3.31. The Bertz CT molecular complexity index is 1090. The highest BCUT2D eigenvalue weighted by molar-refractivity contribution is 6.35. The lowest BCUT2D eigenvalue weighted by molar-refractivity contribution is -0.104. The monoisotopic (exact) mass is 343 g/mol. The number of anilines is 2. The Hall–Kier alpha value is -3.60. The van der Waals surface area contributed by atoms with E-state index in [0.717, 1.165) is 27.7 Å². The summed E-state index contributed by atoms with van der Waals surface area (Å²) in [6.45, 7) is 0. The zero-order valence-corrected chi connectivity index (χ0v) is 14.2. The fourth-order valence-electron chi connectivity index (χ4n) is 3.29. The first-order valence-corrected chi connectivity index (χ1v) is 8.27. The molecule has 0 saturated carbocycles. The van der Waals surface area contributed by atoms with E-state index in [0.29, 0.717) is 12.0 Å². The molecule has 128 valence electrons. The molecule has 2 aromatic carbocycles. The highest BCUT2D eigenvalue weighted by Crippen LogP contribution is 2.40. The van der Waals surface area contributed by atoms with Gasteiger partial charge in [0.25, 0.3) is 0 Å². The van der Waals surface area contributed by atoms with Gasteiger partial charge in [-0.05, 0) is 18.2 Å². The van der Waals surface area contributed by atoms with Crippen molar-refractivity contribution < 1.29 is 9.59 Å². The molecule has 0 aliphatic heterocycles.